The van der Waals surface area contributed by atoms with Crippen LogP contribution < -0.4 is 9.47 Å². The molecule has 0 aliphatic heterocycles. The molecule has 0 heterocycles. The van der Waals surface area contributed by atoms with Gasteiger partial charge in [0.05, 0.1) is 20.8 Å². The van der Waals surface area contributed by atoms with Gasteiger partial charge in [-0.25, -0.2) is 0 Å². The van der Waals surface area contributed by atoms with E-state index in [0.29, 0.717) is 30.8 Å². The Kier molecular flexibility index (Phi) is 9.91. The van der Waals surface area contributed by atoms with Crippen LogP contribution in [0.4, 0.5) is 0 Å². The lowest BCUT2D eigenvalue weighted by molar-refractivity contribution is -0.161. The number of fused-ring (bicyclic) bond motifs is 2. The second-order valence-corrected chi connectivity index (χ2v) is 12.3. The number of benzene rings is 3. The van der Waals surface area contributed by atoms with Gasteiger partial charge in [0, 0.05) is 37.5 Å². The number of esters is 2. The predicted octanol–water partition coefficient (Wildman–Crippen LogP) is 5.89. The number of aliphatic hydroxyl groups excluding tert-OH is 1. The van der Waals surface area contributed by atoms with Crippen LogP contribution in [-0.2, 0) is 25.5 Å². The molecule has 0 unspecified atom stereocenters. The van der Waals surface area contributed by atoms with Gasteiger partial charge in [-0.1, -0.05) is 48.6 Å². The van der Waals surface area contributed by atoms with Crippen molar-refractivity contribution in [2.75, 3.05) is 20.8 Å². The fourth-order valence-electron chi connectivity index (χ4n) is 7.65. The van der Waals surface area contributed by atoms with Crippen molar-refractivity contribution in [1.82, 2.24) is 0 Å². The van der Waals surface area contributed by atoms with Crippen molar-refractivity contribution in [2.24, 2.45) is 11.3 Å². The first-order valence-electron chi connectivity index (χ1n) is 15.5. The van der Waals surface area contributed by atoms with Crippen LogP contribution in [0.5, 0.6) is 23.0 Å². The first-order chi connectivity index (χ1) is 22.1. The minimum absolute atomic E-state index is 0.00404. The third-order valence-corrected chi connectivity index (χ3v) is 9.58. The summed E-state index contributed by atoms with van der Waals surface area (Å²) in [4.78, 5) is 25.0. The summed E-state index contributed by atoms with van der Waals surface area (Å²) in [6.07, 6.45) is 4.47. The fourth-order valence-corrected chi connectivity index (χ4v) is 7.65. The molecule has 0 radical (unpaired) electrons. The van der Waals surface area contributed by atoms with Gasteiger partial charge in [-0.2, -0.15) is 0 Å². The molecule has 2 aliphatic rings. The Morgan fingerprint density at radius 2 is 1.59 bits per heavy atom. The van der Waals surface area contributed by atoms with Crippen molar-refractivity contribution in [3.05, 3.63) is 89.0 Å². The third-order valence-electron chi connectivity index (χ3n) is 9.58. The van der Waals surface area contributed by atoms with Gasteiger partial charge < -0.3 is 34.3 Å². The minimum atomic E-state index is -0.810. The van der Waals surface area contributed by atoms with E-state index < -0.39 is 35.5 Å². The summed E-state index contributed by atoms with van der Waals surface area (Å²) in [5.74, 6) is -1.40. The average Bonchev–Trinajstić information content (AvgIpc) is 3.02. The van der Waals surface area contributed by atoms with Crippen molar-refractivity contribution < 1.29 is 43.9 Å². The molecule has 1 fully saturated rings. The smallest absolute Gasteiger partial charge is 0.302 e. The average molecular weight is 631 g/mol. The number of ether oxygens (including phenoxy) is 4. The maximum Gasteiger partial charge on any atom is 0.302 e. The van der Waals surface area contributed by atoms with Crippen LogP contribution in [0.1, 0.15) is 67.2 Å². The fraction of sp³-hybridized carbons (Fsp3) is 0.405. The van der Waals surface area contributed by atoms with Crippen LogP contribution >= 0.6 is 0 Å². The Balaban J connectivity index is 1.78. The van der Waals surface area contributed by atoms with Crippen LogP contribution in [-0.4, -0.2) is 60.3 Å². The zero-order valence-corrected chi connectivity index (χ0v) is 26.6. The Bertz CT molecular complexity index is 1580. The van der Waals surface area contributed by atoms with E-state index >= 15 is 0 Å². The molecule has 1 saturated carbocycles. The highest BCUT2D eigenvalue weighted by atomic mass is 16.6. The predicted molar refractivity (Wildman–Crippen MR) is 172 cm³/mol. The maximum absolute atomic E-state index is 12.6. The Morgan fingerprint density at radius 3 is 2.24 bits per heavy atom. The van der Waals surface area contributed by atoms with Gasteiger partial charge in [0.1, 0.15) is 12.2 Å². The standard InChI is InChI=1S/C37H42O9/c1-22(39)45-28-14-27(25-10-11-32(41)35(16-25)43-3)20-37(13-12-24-8-6-5-7-9-24)30(34(18-28)46-23(2)40)15-26-17-36(44-4)33(42)19-29(26)31(37)21-38/h5-13,16-17,19,27-28,30-31,34,38,41-42H,14-15,18,20-21H2,1-4H3/b13-12+/t27-,28+,30+,31-,34-,37-/m1/s1. The van der Waals surface area contributed by atoms with Crippen LogP contribution in [0.15, 0.2) is 66.7 Å². The Labute approximate surface area is 269 Å². The molecule has 0 bridgehead atoms. The van der Waals surface area contributed by atoms with Crippen molar-refractivity contribution >= 4 is 18.0 Å². The third kappa shape index (κ3) is 6.70. The maximum atomic E-state index is 12.6. The van der Waals surface area contributed by atoms with Gasteiger partial charge in [0.2, 0.25) is 0 Å². The minimum Gasteiger partial charge on any atom is -0.504 e. The largest absolute Gasteiger partial charge is 0.504 e. The zero-order valence-electron chi connectivity index (χ0n) is 26.6. The van der Waals surface area contributed by atoms with Crippen molar-refractivity contribution in [3.63, 3.8) is 0 Å². The number of phenolic OH excluding ortho intramolecular Hbond substituents is 2. The molecule has 0 saturated heterocycles. The first kappa shape index (κ1) is 32.9. The highest BCUT2D eigenvalue weighted by Gasteiger charge is 2.54. The van der Waals surface area contributed by atoms with E-state index in [1.807, 2.05) is 42.5 Å². The number of aliphatic hydroxyl groups is 1. The zero-order chi connectivity index (χ0) is 33.0. The number of hydrogen-bond acceptors (Lipinski definition) is 9. The lowest BCUT2D eigenvalue weighted by Crippen LogP contribution is -2.51. The topological polar surface area (TPSA) is 132 Å². The first-order valence-corrected chi connectivity index (χ1v) is 15.5. The number of rotatable bonds is 8. The molecular formula is C37H42O9. The number of methoxy groups -OCH3 is 2. The molecule has 9 nitrogen and oxygen atoms in total. The van der Waals surface area contributed by atoms with Crippen LogP contribution in [0.2, 0.25) is 0 Å². The molecule has 5 rings (SSSR count). The number of carbonyl (C=O) groups is 2. The number of allylic oxidation sites excluding steroid dienone is 1. The normalized spacial score (nSPS) is 25.8. The van der Waals surface area contributed by atoms with E-state index in [0.717, 1.165) is 22.3 Å². The van der Waals surface area contributed by atoms with Gasteiger partial charge >= 0.3 is 11.9 Å². The van der Waals surface area contributed by atoms with E-state index in [-0.39, 0.29) is 36.4 Å². The summed E-state index contributed by atoms with van der Waals surface area (Å²) in [5.41, 5.74) is 2.67. The monoisotopic (exact) mass is 630 g/mol. The molecule has 6 atom stereocenters. The highest BCUT2D eigenvalue weighted by molar-refractivity contribution is 5.67. The molecule has 3 N–H and O–H groups in total. The van der Waals surface area contributed by atoms with Crippen LogP contribution in [0.3, 0.4) is 0 Å². The number of aromatic hydroxyl groups is 2. The molecule has 0 spiro atoms. The molecule has 0 aromatic heterocycles. The summed E-state index contributed by atoms with van der Waals surface area (Å²) < 4.78 is 22.9. The lowest BCUT2D eigenvalue weighted by atomic mass is 9.52. The van der Waals surface area contributed by atoms with Crippen LogP contribution in [0, 0.1) is 11.3 Å². The molecular weight excluding hydrogens is 588 g/mol. The molecule has 3 aromatic carbocycles. The quantitative estimate of drug-likeness (QED) is 0.261. The van der Waals surface area contributed by atoms with E-state index in [1.165, 1.54) is 28.1 Å². The van der Waals surface area contributed by atoms with Gasteiger partial charge in [-0.3, -0.25) is 9.59 Å². The van der Waals surface area contributed by atoms with E-state index in [9.17, 15) is 24.9 Å². The molecule has 9 heteroatoms. The number of carbonyl (C=O) groups excluding carboxylic acids is 2. The summed E-state index contributed by atoms with van der Waals surface area (Å²) in [5, 5.41) is 32.6. The number of phenols is 2. The van der Waals surface area contributed by atoms with Gasteiger partial charge in [-0.15, -0.1) is 0 Å². The number of hydrogen-bond donors (Lipinski definition) is 3. The van der Waals surface area contributed by atoms with E-state index in [2.05, 4.69) is 6.08 Å². The summed E-state index contributed by atoms with van der Waals surface area (Å²) in [6, 6.07) is 18.5. The highest BCUT2D eigenvalue weighted by Crippen LogP contribution is 2.59. The SMILES string of the molecule is COc1cc([C@@H]2C[C@H](OC(C)=O)C[C@@H](OC(C)=O)[C@@H]3Cc4cc(OC)c(O)cc4[C@@H](CO)[C@]3(/C=C/c3ccccc3)C2)ccc1O. The van der Waals surface area contributed by atoms with Gasteiger partial charge in [0.25, 0.3) is 0 Å². The van der Waals surface area contributed by atoms with Gasteiger partial charge in [-0.05, 0) is 71.7 Å². The van der Waals surface area contributed by atoms with Crippen LogP contribution in [0.25, 0.3) is 6.08 Å². The molecule has 46 heavy (non-hydrogen) atoms. The lowest BCUT2D eigenvalue weighted by Gasteiger charge is -2.53. The van der Waals surface area contributed by atoms with Gasteiger partial charge in [0.15, 0.2) is 23.0 Å². The van der Waals surface area contributed by atoms with E-state index in [4.69, 9.17) is 18.9 Å². The molecule has 0 amide bonds. The summed E-state index contributed by atoms with van der Waals surface area (Å²) in [6.45, 7) is 2.48. The summed E-state index contributed by atoms with van der Waals surface area (Å²) in [7, 11) is 2.97. The molecule has 3 aromatic rings. The van der Waals surface area contributed by atoms with Crippen molar-refractivity contribution in [1.29, 1.82) is 0 Å². The Morgan fingerprint density at radius 1 is 0.891 bits per heavy atom. The Hall–Kier alpha value is -4.50. The van der Waals surface area contributed by atoms with E-state index in [1.54, 1.807) is 24.3 Å². The van der Waals surface area contributed by atoms with Crippen molar-refractivity contribution in [3.8, 4) is 23.0 Å². The second kappa shape index (κ2) is 13.9. The summed E-state index contributed by atoms with van der Waals surface area (Å²) >= 11 is 0. The van der Waals surface area contributed by atoms with Crippen molar-refractivity contribution in [2.45, 2.75) is 63.6 Å². The molecule has 244 valence electrons. The molecule has 2 aliphatic carbocycles. The second-order valence-electron chi connectivity index (χ2n) is 12.3.